The Morgan fingerprint density at radius 1 is 1.04 bits per heavy atom. The van der Waals surface area contributed by atoms with E-state index < -0.39 is 0 Å². The lowest BCUT2D eigenvalue weighted by molar-refractivity contribution is -0.920. The van der Waals surface area contributed by atoms with Crippen molar-refractivity contribution in [3.05, 3.63) is 70.7 Å². The Labute approximate surface area is 166 Å². The van der Waals surface area contributed by atoms with E-state index in [9.17, 15) is 4.79 Å². The summed E-state index contributed by atoms with van der Waals surface area (Å²) in [6, 6.07) is 17.7. The van der Waals surface area contributed by atoms with Crippen LogP contribution in [0.4, 0.5) is 0 Å². The van der Waals surface area contributed by atoms with Gasteiger partial charge in [-0.1, -0.05) is 41.9 Å². The summed E-state index contributed by atoms with van der Waals surface area (Å²) in [6.07, 6.45) is 3.51. The summed E-state index contributed by atoms with van der Waals surface area (Å²) in [5.41, 5.74) is 1.99. The molecule has 0 N–H and O–H groups in total. The second kappa shape index (κ2) is 7.65. The molecule has 4 atom stereocenters. The molecule has 1 saturated carbocycles. The number of fused-ring (bicyclic) bond motifs is 2. The summed E-state index contributed by atoms with van der Waals surface area (Å²) in [4.78, 5) is 12.5. The number of rotatable bonds is 5. The highest BCUT2D eigenvalue weighted by molar-refractivity contribution is 6.30. The monoisotopic (exact) mass is 384 g/mol. The van der Waals surface area contributed by atoms with Crippen LogP contribution in [0.3, 0.4) is 0 Å². The normalized spacial score (nSPS) is 29.5. The standard InChI is InChI=1S/C23H27ClNO2/c1-25(14-13-17-5-3-2-4-6-17)15-19-7-8-20(16-25)22(19)27-23(26)18-9-11-21(24)12-10-18/h2-6,9-12,19-20,22H,7-8,13-16H2,1H3/q+1/t19-,20+,22?,25?. The van der Waals surface area contributed by atoms with Crippen LogP contribution in [0.15, 0.2) is 54.6 Å². The van der Waals surface area contributed by atoms with Crippen molar-refractivity contribution in [2.75, 3.05) is 26.7 Å². The zero-order chi connectivity index (χ0) is 18.9. The molecule has 4 rings (SSSR count). The van der Waals surface area contributed by atoms with Crippen molar-refractivity contribution >= 4 is 17.6 Å². The van der Waals surface area contributed by atoms with E-state index in [0.717, 1.165) is 30.5 Å². The molecule has 2 aromatic rings. The second-order valence-corrected chi connectivity index (χ2v) is 8.85. The van der Waals surface area contributed by atoms with Gasteiger partial charge in [-0.25, -0.2) is 4.79 Å². The average molecular weight is 385 g/mol. The van der Waals surface area contributed by atoms with E-state index >= 15 is 0 Å². The number of nitrogens with zero attached hydrogens (tertiary/aromatic N) is 1. The lowest BCUT2D eigenvalue weighted by Gasteiger charge is -2.44. The first-order chi connectivity index (χ1) is 13.0. The van der Waals surface area contributed by atoms with Crippen LogP contribution in [0.1, 0.15) is 28.8 Å². The summed E-state index contributed by atoms with van der Waals surface area (Å²) < 4.78 is 7.05. The summed E-state index contributed by atoms with van der Waals surface area (Å²) in [5, 5.41) is 0.635. The predicted octanol–water partition coefficient (Wildman–Crippen LogP) is 4.59. The highest BCUT2D eigenvalue weighted by atomic mass is 35.5. The van der Waals surface area contributed by atoms with Crippen molar-refractivity contribution in [2.24, 2.45) is 11.8 Å². The molecule has 3 nitrogen and oxygen atoms in total. The van der Waals surface area contributed by atoms with Gasteiger partial charge in [-0.05, 0) is 42.7 Å². The topological polar surface area (TPSA) is 26.3 Å². The van der Waals surface area contributed by atoms with Gasteiger partial charge in [0.05, 0.1) is 32.2 Å². The van der Waals surface area contributed by atoms with Gasteiger partial charge in [-0.15, -0.1) is 0 Å². The van der Waals surface area contributed by atoms with Gasteiger partial charge in [-0.2, -0.15) is 0 Å². The minimum Gasteiger partial charge on any atom is -0.458 e. The zero-order valence-electron chi connectivity index (χ0n) is 15.8. The number of carbonyl (C=O) groups is 1. The van der Waals surface area contributed by atoms with Gasteiger partial charge in [-0.3, -0.25) is 0 Å². The first-order valence-corrected chi connectivity index (χ1v) is 10.2. The number of ether oxygens (including phenoxy) is 1. The average Bonchev–Trinajstić information content (AvgIpc) is 2.92. The molecule has 142 valence electrons. The Kier molecular flexibility index (Phi) is 5.25. The summed E-state index contributed by atoms with van der Waals surface area (Å²) in [6.45, 7) is 3.35. The molecule has 0 spiro atoms. The molecule has 2 aromatic carbocycles. The highest BCUT2D eigenvalue weighted by Crippen LogP contribution is 2.41. The molecule has 0 amide bonds. The van der Waals surface area contributed by atoms with Crippen molar-refractivity contribution in [3.8, 4) is 0 Å². The van der Waals surface area contributed by atoms with E-state index in [1.807, 2.05) is 0 Å². The van der Waals surface area contributed by atoms with Crippen molar-refractivity contribution in [2.45, 2.75) is 25.4 Å². The van der Waals surface area contributed by atoms with Crippen LogP contribution in [-0.4, -0.2) is 43.2 Å². The quantitative estimate of drug-likeness (QED) is 0.556. The molecular weight excluding hydrogens is 358 g/mol. The van der Waals surface area contributed by atoms with Gasteiger partial charge >= 0.3 is 5.97 Å². The zero-order valence-corrected chi connectivity index (χ0v) is 16.6. The van der Waals surface area contributed by atoms with E-state index in [4.69, 9.17) is 16.3 Å². The largest absolute Gasteiger partial charge is 0.458 e. The van der Waals surface area contributed by atoms with Gasteiger partial charge in [0.1, 0.15) is 6.10 Å². The molecule has 4 heteroatoms. The second-order valence-electron chi connectivity index (χ2n) is 8.42. The van der Waals surface area contributed by atoms with Gasteiger partial charge in [0.2, 0.25) is 0 Å². The first-order valence-electron chi connectivity index (χ1n) is 9.86. The number of carbonyl (C=O) groups excluding carboxylic acids is 1. The van der Waals surface area contributed by atoms with Crippen molar-refractivity contribution in [3.63, 3.8) is 0 Å². The number of quaternary nitrogens is 1. The first kappa shape index (κ1) is 18.5. The Morgan fingerprint density at radius 3 is 2.30 bits per heavy atom. The van der Waals surface area contributed by atoms with Crippen LogP contribution >= 0.6 is 11.6 Å². The van der Waals surface area contributed by atoms with Crippen LogP contribution in [0.5, 0.6) is 0 Å². The maximum Gasteiger partial charge on any atom is 0.338 e. The minimum atomic E-state index is -0.214. The number of benzene rings is 2. The maximum absolute atomic E-state index is 12.5. The lowest BCUT2D eigenvalue weighted by Crippen LogP contribution is -2.57. The fraction of sp³-hybridized carbons (Fsp3) is 0.435. The molecule has 1 aliphatic heterocycles. The molecule has 0 aromatic heterocycles. The Bertz CT molecular complexity index is 776. The number of hydrogen-bond acceptors (Lipinski definition) is 2. The Morgan fingerprint density at radius 2 is 1.67 bits per heavy atom. The molecule has 0 radical (unpaired) electrons. The number of hydrogen-bond donors (Lipinski definition) is 0. The number of likely N-dealkylation sites (N-methyl/N-ethyl adjacent to an activating group) is 1. The van der Waals surface area contributed by atoms with Crippen molar-refractivity contribution in [1.29, 1.82) is 0 Å². The van der Waals surface area contributed by atoms with Crippen LogP contribution in [0.25, 0.3) is 0 Å². The third-order valence-corrected chi connectivity index (χ3v) is 6.55. The summed E-state index contributed by atoms with van der Waals surface area (Å²) in [5.74, 6) is 0.732. The summed E-state index contributed by atoms with van der Waals surface area (Å²) >= 11 is 5.92. The molecule has 2 aliphatic rings. The predicted molar refractivity (Wildman–Crippen MR) is 108 cm³/mol. The molecule has 1 heterocycles. The Hall–Kier alpha value is -1.84. The molecule has 1 aliphatic carbocycles. The van der Waals surface area contributed by atoms with E-state index in [-0.39, 0.29) is 12.1 Å². The fourth-order valence-electron chi connectivity index (χ4n) is 4.94. The van der Waals surface area contributed by atoms with Crippen LogP contribution in [0.2, 0.25) is 5.02 Å². The molecule has 1 saturated heterocycles. The van der Waals surface area contributed by atoms with Gasteiger partial charge in [0.15, 0.2) is 0 Å². The molecular formula is C23H27ClNO2+. The summed E-state index contributed by atoms with van der Waals surface area (Å²) in [7, 11) is 2.37. The molecule has 2 unspecified atom stereocenters. The molecule has 2 bridgehead atoms. The highest BCUT2D eigenvalue weighted by Gasteiger charge is 2.50. The lowest BCUT2D eigenvalue weighted by atomic mass is 9.92. The maximum atomic E-state index is 12.5. The number of esters is 1. The number of likely N-dealkylation sites (tertiary alicyclic amines) is 1. The van der Waals surface area contributed by atoms with Gasteiger partial charge < -0.3 is 9.22 Å². The minimum absolute atomic E-state index is 0.0658. The van der Waals surface area contributed by atoms with E-state index in [1.165, 1.54) is 18.4 Å². The number of halogens is 1. The van der Waals surface area contributed by atoms with Crippen LogP contribution < -0.4 is 0 Å². The molecule has 27 heavy (non-hydrogen) atoms. The van der Waals surface area contributed by atoms with Crippen molar-refractivity contribution < 1.29 is 14.0 Å². The van der Waals surface area contributed by atoms with E-state index in [0.29, 0.717) is 22.4 Å². The fourth-order valence-corrected chi connectivity index (χ4v) is 5.06. The number of piperidine rings is 1. The Balaban J connectivity index is 1.38. The van der Waals surface area contributed by atoms with Crippen LogP contribution in [-0.2, 0) is 11.2 Å². The van der Waals surface area contributed by atoms with E-state index in [1.54, 1.807) is 24.3 Å². The van der Waals surface area contributed by atoms with Gasteiger partial charge in [0, 0.05) is 23.3 Å². The van der Waals surface area contributed by atoms with E-state index in [2.05, 4.69) is 37.4 Å². The van der Waals surface area contributed by atoms with Crippen molar-refractivity contribution in [1.82, 2.24) is 0 Å². The van der Waals surface area contributed by atoms with Gasteiger partial charge in [0.25, 0.3) is 0 Å². The third-order valence-electron chi connectivity index (χ3n) is 6.29. The smallest absolute Gasteiger partial charge is 0.338 e. The molecule has 2 fully saturated rings. The van der Waals surface area contributed by atoms with Crippen LogP contribution in [0, 0.1) is 11.8 Å². The third kappa shape index (κ3) is 4.20. The SMILES string of the molecule is C[N+]1(CCc2ccccc2)C[C@H]2CC[C@@H](C1)C2OC(=O)c1ccc(Cl)cc1.